The van der Waals surface area contributed by atoms with E-state index in [9.17, 15) is 18.0 Å². The van der Waals surface area contributed by atoms with Crippen LogP contribution in [0.15, 0.2) is 0 Å². The van der Waals surface area contributed by atoms with E-state index in [0.29, 0.717) is 19.4 Å². The first-order chi connectivity index (χ1) is 7.42. The van der Waals surface area contributed by atoms with Crippen LogP contribution in [0.4, 0.5) is 13.2 Å². The molecule has 0 bridgehead atoms. The van der Waals surface area contributed by atoms with Gasteiger partial charge in [0.15, 0.2) is 0 Å². The average molecular weight is 239 g/mol. The second kappa shape index (κ2) is 5.52. The van der Waals surface area contributed by atoms with Gasteiger partial charge in [-0.3, -0.25) is 9.69 Å². The third-order valence-corrected chi connectivity index (χ3v) is 2.53. The molecule has 0 amide bonds. The standard InChI is InChI=1S/C10H16F3NO2/c1-2-16-9(15)8-4-3-5-14(6-8)7-10(11,12)13/h8H,2-7H2,1H3/t8-/m0/s1. The highest BCUT2D eigenvalue weighted by molar-refractivity contribution is 5.72. The van der Waals surface area contributed by atoms with Crippen LogP contribution < -0.4 is 0 Å². The molecule has 6 heteroatoms. The quantitative estimate of drug-likeness (QED) is 0.704. The van der Waals surface area contributed by atoms with Crippen molar-refractivity contribution in [2.45, 2.75) is 25.9 Å². The maximum atomic E-state index is 12.2. The number of piperidine rings is 1. The Kier molecular flexibility index (Phi) is 4.58. The molecule has 1 saturated heterocycles. The number of hydrogen-bond donors (Lipinski definition) is 0. The van der Waals surface area contributed by atoms with Gasteiger partial charge in [-0.1, -0.05) is 0 Å². The summed E-state index contributed by atoms with van der Waals surface area (Å²) >= 11 is 0. The molecule has 1 aliphatic rings. The number of ether oxygens (including phenoxy) is 1. The van der Waals surface area contributed by atoms with Gasteiger partial charge in [-0.25, -0.2) is 0 Å². The smallest absolute Gasteiger partial charge is 0.401 e. The summed E-state index contributed by atoms with van der Waals surface area (Å²) in [6.07, 6.45) is -2.97. The molecule has 1 rings (SSSR count). The lowest BCUT2D eigenvalue weighted by atomic mass is 9.98. The molecule has 0 spiro atoms. The second-order valence-electron chi connectivity index (χ2n) is 3.94. The number of carbonyl (C=O) groups is 1. The minimum atomic E-state index is -4.20. The maximum absolute atomic E-state index is 12.2. The molecule has 0 aromatic rings. The third kappa shape index (κ3) is 4.38. The first-order valence-corrected chi connectivity index (χ1v) is 5.38. The van der Waals surface area contributed by atoms with E-state index in [1.54, 1.807) is 6.92 Å². The monoisotopic (exact) mass is 239 g/mol. The van der Waals surface area contributed by atoms with Gasteiger partial charge in [0.2, 0.25) is 0 Å². The molecule has 94 valence electrons. The number of esters is 1. The number of hydrogen-bond acceptors (Lipinski definition) is 3. The van der Waals surface area contributed by atoms with E-state index in [1.165, 1.54) is 4.90 Å². The summed E-state index contributed by atoms with van der Waals surface area (Å²) in [5.41, 5.74) is 0. The molecule has 0 radical (unpaired) electrons. The Morgan fingerprint density at radius 1 is 1.50 bits per heavy atom. The Morgan fingerprint density at radius 2 is 2.19 bits per heavy atom. The Bertz CT molecular complexity index is 243. The fourth-order valence-corrected chi connectivity index (χ4v) is 1.91. The van der Waals surface area contributed by atoms with Crippen molar-refractivity contribution in [1.29, 1.82) is 0 Å². The van der Waals surface area contributed by atoms with Crippen molar-refractivity contribution in [3.8, 4) is 0 Å². The van der Waals surface area contributed by atoms with Crippen LogP contribution in [0.1, 0.15) is 19.8 Å². The van der Waals surface area contributed by atoms with Gasteiger partial charge in [0.05, 0.1) is 19.1 Å². The molecule has 0 aliphatic carbocycles. The predicted molar refractivity (Wildman–Crippen MR) is 51.9 cm³/mol. The van der Waals surface area contributed by atoms with Gasteiger partial charge in [0.25, 0.3) is 0 Å². The van der Waals surface area contributed by atoms with E-state index < -0.39 is 18.6 Å². The number of rotatable bonds is 3. The van der Waals surface area contributed by atoms with Crippen LogP contribution in [0.5, 0.6) is 0 Å². The van der Waals surface area contributed by atoms with E-state index >= 15 is 0 Å². The highest BCUT2D eigenvalue weighted by atomic mass is 19.4. The van der Waals surface area contributed by atoms with Gasteiger partial charge >= 0.3 is 12.1 Å². The van der Waals surface area contributed by atoms with E-state index in [0.717, 1.165) is 0 Å². The van der Waals surface area contributed by atoms with Gasteiger partial charge in [-0.05, 0) is 26.3 Å². The van der Waals surface area contributed by atoms with Crippen molar-refractivity contribution < 1.29 is 22.7 Å². The first-order valence-electron chi connectivity index (χ1n) is 5.38. The summed E-state index contributed by atoms with van der Waals surface area (Å²) in [6, 6.07) is 0. The van der Waals surface area contributed by atoms with Crippen LogP contribution in [0, 0.1) is 5.92 Å². The van der Waals surface area contributed by atoms with Crippen LogP contribution in [0.25, 0.3) is 0 Å². The van der Waals surface area contributed by atoms with Crippen LogP contribution in [-0.4, -0.2) is 43.3 Å². The zero-order chi connectivity index (χ0) is 12.2. The summed E-state index contributed by atoms with van der Waals surface area (Å²) in [7, 11) is 0. The Balaban J connectivity index is 2.44. The number of carbonyl (C=O) groups excluding carboxylic acids is 1. The van der Waals surface area contributed by atoms with Crippen molar-refractivity contribution in [2.75, 3.05) is 26.2 Å². The van der Waals surface area contributed by atoms with Gasteiger partial charge < -0.3 is 4.74 Å². The molecule has 0 aromatic carbocycles. The summed E-state index contributed by atoms with van der Waals surface area (Å²) < 4.78 is 41.3. The Labute approximate surface area is 92.5 Å². The molecule has 16 heavy (non-hydrogen) atoms. The molecule has 3 nitrogen and oxygen atoms in total. The van der Waals surface area contributed by atoms with Crippen molar-refractivity contribution >= 4 is 5.97 Å². The predicted octanol–water partition coefficient (Wildman–Crippen LogP) is 1.82. The summed E-state index contributed by atoms with van der Waals surface area (Å²) in [6.45, 7) is 1.57. The fraction of sp³-hybridized carbons (Fsp3) is 0.900. The molecular weight excluding hydrogens is 223 g/mol. The van der Waals surface area contributed by atoms with E-state index in [2.05, 4.69) is 0 Å². The lowest BCUT2D eigenvalue weighted by Gasteiger charge is -2.31. The van der Waals surface area contributed by atoms with Gasteiger partial charge in [0.1, 0.15) is 0 Å². The zero-order valence-corrected chi connectivity index (χ0v) is 9.22. The zero-order valence-electron chi connectivity index (χ0n) is 9.22. The van der Waals surface area contributed by atoms with Crippen LogP contribution in [-0.2, 0) is 9.53 Å². The average Bonchev–Trinajstić information content (AvgIpc) is 2.16. The molecule has 0 aromatic heterocycles. The maximum Gasteiger partial charge on any atom is 0.401 e. The largest absolute Gasteiger partial charge is 0.466 e. The molecule has 0 saturated carbocycles. The van der Waals surface area contributed by atoms with E-state index in [4.69, 9.17) is 4.74 Å². The number of likely N-dealkylation sites (tertiary alicyclic amines) is 1. The van der Waals surface area contributed by atoms with Crippen molar-refractivity contribution in [1.82, 2.24) is 4.90 Å². The number of alkyl halides is 3. The third-order valence-electron chi connectivity index (χ3n) is 2.53. The lowest BCUT2D eigenvalue weighted by molar-refractivity contribution is -0.160. The van der Waals surface area contributed by atoms with Crippen molar-refractivity contribution in [2.24, 2.45) is 5.92 Å². The molecule has 0 unspecified atom stereocenters. The first kappa shape index (κ1) is 13.3. The topological polar surface area (TPSA) is 29.5 Å². The minimum Gasteiger partial charge on any atom is -0.466 e. The SMILES string of the molecule is CCOC(=O)[C@H]1CCCN(CC(F)(F)F)C1. The van der Waals surface area contributed by atoms with Gasteiger partial charge in [0, 0.05) is 6.54 Å². The Morgan fingerprint density at radius 3 is 2.75 bits per heavy atom. The second-order valence-corrected chi connectivity index (χ2v) is 3.94. The summed E-state index contributed by atoms with van der Waals surface area (Å²) in [5, 5.41) is 0. The lowest BCUT2D eigenvalue weighted by Crippen LogP contribution is -2.43. The molecule has 1 fully saturated rings. The highest BCUT2D eigenvalue weighted by Crippen LogP contribution is 2.22. The van der Waals surface area contributed by atoms with Gasteiger partial charge in [-0.2, -0.15) is 13.2 Å². The van der Waals surface area contributed by atoms with E-state index in [1.807, 2.05) is 0 Å². The van der Waals surface area contributed by atoms with E-state index in [-0.39, 0.29) is 19.1 Å². The van der Waals surface area contributed by atoms with Crippen LogP contribution in [0.3, 0.4) is 0 Å². The van der Waals surface area contributed by atoms with Crippen LogP contribution in [0.2, 0.25) is 0 Å². The molecule has 1 atom stereocenters. The normalized spacial score (nSPS) is 23.1. The minimum absolute atomic E-state index is 0.151. The molecule has 1 heterocycles. The fourth-order valence-electron chi connectivity index (χ4n) is 1.91. The highest BCUT2D eigenvalue weighted by Gasteiger charge is 2.34. The van der Waals surface area contributed by atoms with Crippen molar-refractivity contribution in [3.05, 3.63) is 0 Å². The summed E-state index contributed by atoms with van der Waals surface area (Å²) in [4.78, 5) is 12.6. The molecule has 0 N–H and O–H groups in total. The van der Waals surface area contributed by atoms with Gasteiger partial charge in [-0.15, -0.1) is 0 Å². The number of halogens is 3. The summed E-state index contributed by atoms with van der Waals surface area (Å²) in [5.74, 6) is -0.787. The number of nitrogens with zero attached hydrogens (tertiary/aromatic N) is 1. The van der Waals surface area contributed by atoms with Crippen molar-refractivity contribution in [3.63, 3.8) is 0 Å². The van der Waals surface area contributed by atoms with Crippen LogP contribution >= 0.6 is 0 Å². The Hall–Kier alpha value is -0.780. The molecular formula is C10H16F3NO2. The molecule has 1 aliphatic heterocycles.